The Balaban J connectivity index is 2.44. The van der Waals surface area contributed by atoms with Crippen LogP contribution in [0.1, 0.15) is 5.69 Å². The maximum atomic E-state index is 9.45. The first-order valence-electron chi connectivity index (χ1n) is 4.51. The molecule has 0 unspecified atom stereocenters. The molecular weight excluding hydrogens is 210 g/mol. The Bertz CT molecular complexity index is 460. The SMILES string of the molecule is COc1cccc(-c2nc(C)c(O)s2)c1. The number of aryl methyl sites for hydroxylation is 1. The largest absolute Gasteiger partial charge is 0.498 e. The van der Waals surface area contributed by atoms with E-state index in [9.17, 15) is 5.11 Å². The summed E-state index contributed by atoms with van der Waals surface area (Å²) in [6.07, 6.45) is 0. The Morgan fingerprint density at radius 3 is 2.80 bits per heavy atom. The second kappa shape index (κ2) is 3.90. The molecular formula is C11H11NO2S. The zero-order valence-electron chi connectivity index (χ0n) is 8.52. The van der Waals surface area contributed by atoms with Gasteiger partial charge in [0.05, 0.1) is 12.8 Å². The number of ether oxygens (including phenoxy) is 1. The van der Waals surface area contributed by atoms with Crippen LogP contribution < -0.4 is 4.74 Å². The van der Waals surface area contributed by atoms with Crippen molar-refractivity contribution in [3.63, 3.8) is 0 Å². The van der Waals surface area contributed by atoms with Crippen LogP contribution in [0.15, 0.2) is 24.3 Å². The molecule has 0 aliphatic rings. The normalized spacial score (nSPS) is 10.3. The summed E-state index contributed by atoms with van der Waals surface area (Å²) in [6, 6.07) is 7.63. The zero-order chi connectivity index (χ0) is 10.8. The van der Waals surface area contributed by atoms with Crippen molar-refractivity contribution in [2.45, 2.75) is 6.92 Å². The van der Waals surface area contributed by atoms with Gasteiger partial charge >= 0.3 is 0 Å². The summed E-state index contributed by atoms with van der Waals surface area (Å²) in [5, 5.41) is 10.5. The molecule has 0 amide bonds. The molecule has 0 bridgehead atoms. The summed E-state index contributed by atoms with van der Waals surface area (Å²) in [5.74, 6) is 0.792. The van der Waals surface area contributed by atoms with Gasteiger partial charge in [-0.1, -0.05) is 23.5 Å². The fourth-order valence-corrected chi connectivity index (χ4v) is 2.07. The van der Waals surface area contributed by atoms with E-state index in [2.05, 4.69) is 4.98 Å². The van der Waals surface area contributed by atoms with Crippen LogP contribution in [0.4, 0.5) is 0 Å². The number of aromatic hydroxyl groups is 1. The quantitative estimate of drug-likeness (QED) is 0.847. The lowest BCUT2D eigenvalue weighted by Crippen LogP contribution is -1.83. The van der Waals surface area contributed by atoms with Crippen LogP contribution in [0.5, 0.6) is 10.8 Å². The summed E-state index contributed by atoms with van der Waals surface area (Å²) < 4.78 is 5.13. The van der Waals surface area contributed by atoms with E-state index in [4.69, 9.17) is 4.74 Å². The molecule has 1 aromatic heterocycles. The van der Waals surface area contributed by atoms with E-state index in [1.807, 2.05) is 24.3 Å². The number of nitrogens with zero attached hydrogens (tertiary/aromatic N) is 1. The summed E-state index contributed by atoms with van der Waals surface area (Å²) in [7, 11) is 1.63. The van der Waals surface area contributed by atoms with E-state index in [-0.39, 0.29) is 5.06 Å². The number of aromatic nitrogens is 1. The standard InChI is InChI=1S/C11H11NO2S/c1-7-11(13)15-10(12-7)8-4-3-5-9(6-8)14-2/h3-6,13H,1-2H3. The number of rotatable bonds is 2. The van der Waals surface area contributed by atoms with Gasteiger partial charge < -0.3 is 9.84 Å². The lowest BCUT2D eigenvalue weighted by molar-refractivity contribution is 0.415. The number of methoxy groups -OCH3 is 1. The van der Waals surface area contributed by atoms with E-state index < -0.39 is 0 Å². The van der Waals surface area contributed by atoms with Crippen molar-refractivity contribution in [1.82, 2.24) is 4.98 Å². The highest BCUT2D eigenvalue weighted by Gasteiger charge is 2.08. The molecule has 2 aromatic rings. The molecule has 0 saturated carbocycles. The molecule has 0 atom stereocenters. The van der Waals surface area contributed by atoms with Crippen LogP contribution in [0.3, 0.4) is 0 Å². The van der Waals surface area contributed by atoms with E-state index in [0.717, 1.165) is 16.3 Å². The lowest BCUT2D eigenvalue weighted by Gasteiger charge is -2.00. The van der Waals surface area contributed by atoms with Crippen LogP contribution in [0.2, 0.25) is 0 Å². The molecule has 2 rings (SSSR count). The van der Waals surface area contributed by atoms with Crippen molar-refractivity contribution in [3.05, 3.63) is 30.0 Å². The first-order valence-corrected chi connectivity index (χ1v) is 5.33. The highest BCUT2D eigenvalue weighted by molar-refractivity contribution is 7.16. The average Bonchev–Trinajstić information content (AvgIpc) is 2.59. The highest BCUT2D eigenvalue weighted by atomic mass is 32.1. The number of hydrogen-bond donors (Lipinski definition) is 1. The summed E-state index contributed by atoms with van der Waals surface area (Å²) in [4.78, 5) is 4.27. The lowest BCUT2D eigenvalue weighted by atomic mass is 10.2. The minimum Gasteiger partial charge on any atom is -0.498 e. The zero-order valence-corrected chi connectivity index (χ0v) is 9.34. The first kappa shape index (κ1) is 9.98. The summed E-state index contributed by atoms with van der Waals surface area (Å²) in [5.41, 5.74) is 1.63. The van der Waals surface area contributed by atoms with Crippen molar-refractivity contribution >= 4 is 11.3 Å². The third-order valence-electron chi connectivity index (χ3n) is 2.09. The molecule has 0 radical (unpaired) electrons. The Kier molecular flexibility index (Phi) is 2.60. The molecule has 0 aliphatic heterocycles. The van der Waals surface area contributed by atoms with Gasteiger partial charge in [-0.3, -0.25) is 0 Å². The van der Waals surface area contributed by atoms with Crippen LogP contribution in [0.25, 0.3) is 10.6 Å². The Morgan fingerprint density at radius 2 is 2.20 bits per heavy atom. The number of thiazole rings is 1. The predicted octanol–water partition coefficient (Wildman–Crippen LogP) is 2.83. The van der Waals surface area contributed by atoms with Gasteiger partial charge in [0.15, 0.2) is 5.06 Å². The van der Waals surface area contributed by atoms with Gasteiger partial charge in [-0.2, -0.15) is 0 Å². The van der Waals surface area contributed by atoms with Crippen molar-refractivity contribution in [2.24, 2.45) is 0 Å². The van der Waals surface area contributed by atoms with Crippen LogP contribution in [0, 0.1) is 6.92 Å². The molecule has 0 saturated heterocycles. The molecule has 1 N–H and O–H groups in total. The van der Waals surface area contributed by atoms with E-state index in [1.165, 1.54) is 11.3 Å². The molecule has 1 aromatic carbocycles. The van der Waals surface area contributed by atoms with Crippen molar-refractivity contribution in [3.8, 4) is 21.4 Å². The van der Waals surface area contributed by atoms with Crippen LogP contribution in [-0.4, -0.2) is 17.2 Å². The summed E-state index contributed by atoms with van der Waals surface area (Å²) >= 11 is 1.28. The van der Waals surface area contributed by atoms with Gasteiger partial charge in [0.25, 0.3) is 0 Å². The third-order valence-corrected chi connectivity index (χ3v) is 3.10. The first-order chi connectivity index (χ1) is 7.20. The Hall–Kier alpha value is -1.55. The predicted molar refractivity (Wildman–Crippen MR) is 60.5 cm³/mol. The monoisotopic (exact) mass is 221 g/mol. The average molecular weight is 221 g/mol. The number of benzene rings is 1. The Morgan fingerprint density at radius 1 is 1.40 bits per heavy atom. The van der Waals surface area contributed by atoms with E-state index in [0.29, 0.717) is 5.69 Å². The molecule has 0 spiro atoms. The molecule has 0 fully saturated rings. The molecule has 78 valence electrons. The molecule has 3 nitrogen and oxygen atoms in total. The van der Waals surface area contributed by atoms with Gasteiger partial charge in [-0.25, -0.2) is 4.98 Å². The molecule has 4 heteroatoms. The van der Waals surface area contributed by atoms with Crippen molar-refractivity contribution in [2.75, 3.05) is 7.11 Å². The second-order valence-electron chi connectivity index (χ2n) is 3.14. The van der Waals surface area contributed by atoms with Gasteiger partial charge in [0, 0.05) is 5.56 Å². The minimum atomic E-state index is 0.271. The third kappa shape index (κ3) is 1.94. The molecule has 0 aliphatic carbocycles. The van der Waals surface area contributed by atoms with Crippen LogP contribution >= 0.6 is 11.3 Å². The fraction of sp³-hybridized carbons (Fsp3) is 0.182. The Labute approximate surface area is 92.0 Å². The number of hydrogen-bond acceptors (Lipinski definition) is 4. The van der Waals surface area contributed by atoms with E-state index >= 15 is 0 Å². The van der Waals surface area contributed by atoms with E-state index in [1.54, 1.807) is 14.0 Å². The smallest absolute Gasteiger partial charge is 0.195 e. The fourth-order valence-electron chi connectivity index (χ4n) is 1.27. The van der Waals surface area contributed by atoms with Gasteiger partial charge in [0.1, 0.15) is 10.8 Å². The maximum absolute atomic E-state index is 9.45. The molecule has 15 heavy (non-hydrogen) atoms. The van der Waals surface area contributed by atoms with Crippen LogP contribution in [-0.2, 0) is 0 Å². The molecule has 1 heterocycles. The topological polar surface area (TPSA) is 42.4 Å². The summed E-state index contributed by atoms with van der Waals surface area (Å²) in [6.45, 7) is 1.79. The van der Waals surface area contributed by atoms with Gasteiger partial charge in [-0.05, 0) is 19.1 Å². The second-order valence-corrected chi connectivity index (χ2v) is 4.12. The maximum Gasteiger partial charge on any atom is 0.195 e. The van der Waals surface area contributed by atoms with Gasteiger partial charge in [0.2, 0.25) is 0 Å². The van der Waals surface area contributed by atoms with Crippen molar-refractivity contribution < 1.29 is 9.84 Å². The minimum absolute atomic E-state index is 0.271. The highest BCUT2D eigenvalue weighted by Crippen LogP contribution is 2.33. The van der Waals surface area contributed by atoms with Gasteiger partial charge in [-0.15, -0.1) is 0 Å². The van der Waals surface area contributed by atoms with Crippen molar-refractivity contribution in [1.29, 1.82) is 0 Å².